The van der Waals surface area contributed by atoms with Crippen LogP contribution < -0.4 is 5.32 Å². The van der Waals surface area contributed by atoms with Gasteiger partial charge in [0.25, 0.3) is 0 Å². The van der Waals surface area contributed by atoms with Gasteiger partial charge in [0, 0.05) is 56.2 Å². The van der Waals surface area contributed by atoms with Gasteiger partial charge in [0.05, 0.1) is 4.90 Å². The molecule has 1 heterocycles. The molecule has 8 heteroatoms. The summed E-state index contributed by atoms with van der Waals surface area (Å²) in [6.45, 7) is 7.60. The molecule has 1 aliphatic carbocycles. The van der Waals surface area contributed by atoms with Crippen LogP contribution in [-0.2, 0) is 21.2 Å². The molecule has 1 aromatic rings. The molecule has 0 atom stereocenters. The lowest BCUT2D eigenvalue weighted by molar-refractivity contribution is -0.121. The maximum absolute atomic E-state index is 12.6. The summed E-state index contributed by atoms with van der Waals surface area (Å²) in [5, 5.41) is 3.21. The first-order chi connectivity index (χ1) is 14.9. The van der Waals surface area contributed by atoms with E-state index in [1.165, 1.54) is 41.5 Å². The Morgan fingerprint density at radius 2 is 1.71 bits per heavy atom. The van der Waals surface area contributed by atoms with Gasteiger partial charge in [0.1, 0.15) is 0 Å². The van der Waals surface area contributed by atoms with Crippen molar-refractivity contribution in [2.75, 3.05) is 44.2 Å². The normalized spacial score (nSPS) is 19.6. The van der Waals surface area contributed by atoms with Crippen molar-refractivity contribution in [3.05, 3.63) is 29.8 Å². The molecule has 174 valence electrons. The monoisotopic (exact) mass is 467 g/mol. The lowest BCUT2D eigenvalue weighted by Gasteiger charge is -2.43. The Kier molecular flexibility index (Phi) is 8.84. The summed E-state index contributed by atoms with van der Waals surface area (Å²) in [6.07, 6.45) is 5.91. The Morgan fingerprint density at radius 3 is 2.29 bits per heavy atom. The van der Waals surface area contributed by atoms with Crippen molar-refractivity contribution < 1.29 is 13.2 Å². The molecule has 31 heavy (non-hydrogen) atoms. The largest absolute Gasteiger partial charge is 0.354 e. The molecule has 2 aliphatic rings. The summed E-state index contributed by atoms with van der Waals surface area (Å²) in [4.78, 5) is 15.5. The average Bonchev–Trinajstić information content (AvgIpc) is 3.28. The van der Waals surface area contributed by atoms with Crippen LogP contribution in [0.5, 0.6) is 0 Å². The Bertz CT molecular complexity index is 811. The summed E-state index contributed by atoms with van der Waals surface area (Å²) < 4.78 is 26.7. The lowest BCUT2D eigenvalue weighted by atomic mass is 9.94. The fraction of sp³-hybridized carbons (Fsp3) is 0.696. The zero-order chi connectivity index (χ0) is 22.3. The number of nitrogens with zero attached hydrogens (tertiary/aromatic N) is 2. The minimum Gasteiger partial charge on any atom is -0.354 e. The van der Waals surface area contributed by atoms with Gasteiger partial charge < -0.3 is 5.32 Å². The number of carbonyl (C=O) groups excluding carboxylic acids is 1. The predicted molar refractivity (Wildman–Crippen MR) is 128 cm³/mol. The highest BCUT2D eigenvalue weighted by Gasteiger charge is 2.40. The molecule has 1 amide bonds. The highest BCUT2D eigenvalue weighted by atomic mass is 32.2. The van der Waals surface area contributed by atoms with Crippen molar-refractivity contribution in [2.24, 2.45) is 0 Å². The van der Waals surface area contributed by atoms with Gasteiger partial charge in [-0.3, -0.25) is 9.69 Å². The zero-order valence-corrected chi connectivity index (χ0v) is 20.6. The van der Waals surface area contributed by atoms with Crippen LogP contribution in [0.4, 0.5) is 0 Å². The average molecular weight is 468 g/mol. The number of benzene rings is 1. The van der Waals surface area contributed by atoms with Crippen molar-refractivity contribution in [1.29, 1.82) is 0 Å². The van der Waals surface area contributed by atoms with E-state index in [-0.39, 0.29) is 11.4 Å². The van der Waals surface area contributed by atoms with E-state index in [9.17, 15) is 13.2 Å². The van der Waals surface area contributed by atoms with E-state index in [0.29, 0.717) is 30.8 Å². The fourth-order valence-electron chi connectivity index (χ4n) is 4.83. The predicted octanol–water partition coefficient (Wildman–Crippen LogP) is 3.13. The highest BCUT2D eigenvalue weighted by Crippen LogP contribution is 2.36. The summed E-state index contributed by atoms with van der Waals surface area (Å²) in [6, 6.07) is 6.96. The first kappa shape index (κ1) is 24.6. The standard InChI is InChI=1S/C23H37N3O3S2/c1-3-26(4-2)31(28,29)21-10-7-20(8-11-21)9-12-22(27)24-19-23(13-5-6-14-23)25-15-17-30-18-16-25/h7-8,10-11H,3-6,9,12-19H2,1-2H3,(H,24,27). The number of nitrogens with one attached hydrogen (secondary N) is 1. The van der Waals surface area contributed by atoms with Gasteiger partial charge in [-0.15, -0.1) is 0 Å². The molecule has 1 saturated carbocycles. The zero-order valence-electron chi connectivity index (χ0n) is 18.9. The second-order valence-electron chi connectivity index (χ2n) is 8.54. The van der Waals surface area contributed by atoms with Crippen molar-refractivity contribution in [2.45, 2.75) is 62.8 Å². The van der Waals surface area contributed by atoms with E-state index in [1.54, 1.807) is 12.1 Å². The molecule has 1 saturated heterocycles. The van der Waals surface area contributed by atoms with Crippen molar-refractivity contribution in [1.82, 2.24) is 14.5 Å². The molecule has 0 unspecified atom stereocenters. The minimum atomic E-state index is -3.44. The molecule has 2 fully saturated rings. The molecule has 0 bridgehead atoms. The van der Waals surface area contributed by atoms with Crippen LogP contribution in [0.3, 0.4) is 0 Å². The summed E-state index contributed by atoms with van der Waals surface area (Å²) >= 11 is 2.02. The topological polar surface area (TPSA) is 69.7 Å². The van der Waals surface area contributed by atoms with Crippen LogP contribution in [0.25, 0.3) is 0 Å². The van der Waals surface area contributed by atoms with Gasteiger partial charge in [-0.1, -0.05) is 38.8 Å². The van der Waals surface area contributed by atoms with Gasteiger partial charge >= 0.3 is 0 Å². The Labute approximate surface area is 192 Å². The van der Waals surface area contributed by atoms with Crippen LogP contribution >= 0.6 is 11.8 Å². The third-order valence-corrected chi connectivity index (χ3v) is 9.74. The highest BCUT2D eigenvalue weighted by molar-refractivity contribution is 7.99. The third-order valence-electron chi connectivity index (χ3n) is 6.74. The SMILES string of the molecule is CCN(CC)S(=O)(=O)c1ccc(CCC(=O)NCC2(N3CCSCC3)CCCC2)cc1. The number of thioether (sulfide) groups is 1. The quantitative estimate of drug-likeness (QED) is 0.573. The van der Waals surface area contributed by atoms with E-state index in [4.69, 9.17) is 0 Å². The van der Waals surface area contributed by atoms with Gasteiger partial charge in [-0.2, -0.15) is 16.1 Å². The van der Waals surface area contributed by atoms with Gasteiger partial charge in [0.2, 0.25) is 15.9 Å². The number of aryl methyl sites for hydroxylation is 1. The van der Waals surface area contributed by atoms with E-state index >= 15 is 0 Å². The fourth-order valence-corrected chi connectivity index (χ4v) is 7.19. The molecular formula is C23H37N3O3S2. The number of sulfonamides is 1. The summed E-state index contributed by atoms with van der Waals surface area (Å²) in [5.74, 6) is 2.46. The van der Waals surface area contributed by atoms with Crippen LogP contribution in [0.15, 0.2) is 29.2 Å². The van der Waals surface area contributed by atoms with Gasteiger partial charge in [0.15, 0.2) is 0 Å². The van der Waals surface area contributed by atoms with E-state index in [1.807, 2.05) is 37.7 Å². The molecule has 1 aromatic carbocycles. The third kappa shape index (κ3) is 6.03. The number of hydrogen-bond acceptors (Lipinski definition) is 5. The van der Waals surface area contributed by atoms with E-state index in [2.05, 4.69) is 10.2 Å². The van der Waals surface area contributed by atoms with Crippen LogP contribution in [0.2, 0.25) is 0 Å². The Balaban J connectivity index is 1.51. The molecule has 6 nitrogen and oxygen atoms in total. The number of amides is 1. The molecular weight excluding hydrogens is 430 g/mol. The maximum Gasteiger partial charge on any atom is 0.243 e. The van der Waals surface area contributed by atoms with Crippen LogP contribution in [-0.4, -0.2) is 73.3 Å². The smallest absolute Gasteiger partial charge is 0.243 e. The van der Waals surface area contributed by atoms with Crippen LogP contribution in [0.1, 0.15) is 51.5 Å². The molecule has 1 N–H and O–H groups in total. The number of rotatable bonds is 10. The molecule has 1 aliphatic heterocycles. The lowest BCUT2D eigenvalue weighted by Crippen LogP contribution is -2.56. The van der Waals surface area contributed by atoms with Gasteiger partial charge in [-0.05, 0) is 37.0 Å². The van der Waals surface area contributed by atoms with Gasteiger partial charge in [-0.25, -0.2) is 8.42 Å². The second kappa shape index (κ2) is 11.2. The van der Waals surface area contributed by atoms with Crippen molar-refractivity contribution in [3.63, 3.8) is 0 Å². The second-order valence-corrected chi connectivity index (χ2v) is 11.7. The number of carbonyl (C=O) groups is 1. The molecule has 3 rings (SSSR count). The summed E-state index contributed by atoms with van der Waals surface area (Å²) in [5.41, 5.74) is 1.13. The first-order valence-corrected chi connectivity index (χ1v) is 14.2. The maximum atomic E-state index is 12.6. The first-order valence-electron chi connectivity index (χ1n) is 11.6. The Hall–Kier alpha value is -1.09. The molecule has 0 radical (unpaired) electrons. The van der Waals surface area contributed by atoms with E-state index < -0.39 is 10.0 Å². The minimum absolute atomic E-state index is 0.0810. The number of hydrogen-bond donors (Lipinski definition) is 1. The van der Waals surface area contributed by atoms with Crippen molar-refractivity contribution >= 4 is 27.7 Å². The Morgan fingerprint density at radius 1 is 1.10 bits per heavy atom. The van der Waals surface area contributed by atoms with Crippen molar-refractivity contribution in [3.8, 4) is 0 Å². The molecule has 0 aromatic heterocycles. The summed E-state index contributed by atoms with van der Waals surface area (Å²) in [7, 11) is -3.44. The van der Waals surface area contributed by atoms with E-state index in [0.717, 1.165) is 25.2 Å². The molecule has 0 spiro atoms. The van der Waals surface area contributed by atoms with Crippen LogP contribution in [0, 0.1) is 0 Å².